The summed E-state index contributed by atoms with van der Waals surface area (Å²) in [5, 5.41) is 4.57. The molecule has 1 aliphatic heterocycles. The largest absolute Gasteiger partial charge is 0.361 e. The van der Waals surface area contributed by atoms with E-state index in [0.717, 1.165) is 42.2 Å². The first-order valence-corrected chi connectivity index (χ1v) is 10.2. The van der Waals surface area contributed by atoms with Crippen molar-refractivity contribution in [1.82, 2.24) is 24.5 Å². The zero-order chi connectivity index (χ0) is 20.8. The van der Waals surface area contributed by atoms with Crippen LogP contribution in [0, 0.1) is 5.92 Å². The Balaban J connectivity index is 0.000000188. The summed E-state index contributed by atoms with van der Waals surface area (Å²) in [5.74, 6) is 1.75. The van der Waals surface area contributed by atoms with Crippen LogP contribution in [0.15, 0.2) is 42.9 Å². The minimum Gasteiger partial charge on any atom is -0.361 e. The van der Waals surface area contributed by atoms with Crippen LogP contribution < -0.4 is 4.90 Å². The average Bonchev–Trinajstić information content (AvgIpc) is 3.38. The normalized spacial score (nSPS) is 13.5. The van der Waals surface area contributed by atoms with Gasteiger partial charge in [-0.1, -0.05) is 13.8 Å². The molecule has 1 fully saturated rings. The zero-order valence-corrected chi connectivity index (χ0v) is 17.7. The molecule has 4 rings (SSSR count). The van der Waals surface area contributed by atoms with Crippen molar-refractivity contribution in [2.24, 2.45) is 5.92 Å². The molecule has 1 saturated heterocycles. The molecule has 0 aliphatic carbocycles. The molecule has 0 N–H and O–H groups in total. The second-order valence-corrected chi connectivity index (χ2v) is 7.92. The Hall–Kier alpha value is -2.96. The van der Waals surface area contributed by atoms with Gasteiger partial charge in [0.1, 0.15) is 5.82 Å². The van der Waals surface area contributed by atoms with Gasteiger partial charge in [0.25, 0.3) is 0 Å². The van der Waals surface area contributed by atoms with E-state index in [1.807, 2.05) is 58.9 Å². The minimum atomic E-state index is 0.345. The number of anilines is 1. The first kappa shape index (κ1) is 20.8. The monoisotopic (exact) mass is 394 g/mol. The van der Waals surface area contributed by atoms with Crippen molar-refractivity contribution < 1.29 is 4.79 Å². The van der Waals surface area contributed by atoms with E-state index in [4.69, 9.17) is 0 Å². The maximum atomic E-state index is 11.4. The molecule has 3 aromatic rings. The van der Waals surface area contributed by atoms with Crippen LogP contribution in [0.4, 0.5) is 5.82 Å². The van der Waals surface area contributed by atoms with Gasteiger partial charge in [0.15, 0.2) is 5.65 Å². The Kier molecular flexibility index (Phi) is 6.80. The van der Waals surface area contributed by atoms with Gasteiger partial charge in [-0.3, -0.25) is 9.78 Å². The highest BCUT2D eigenvalue weighted by atomic mass is 16.2. The van der Waals surface area contributed by atoms with Crippen LogP contribution in [0.5, 0.6) is 0 Å². The lowest BCUT2D eigenvalue weighted by atomic mass is 10.1. The summed E-state index contributed by atoms with van der Waals surface area (Å²) < 4.78 is 1.85. The fourth-order valence-corrected chi connectivity index (χ4v) is 3.27. The minimum absolute atomic E-state index is 0.345. The van der Waals surface area contributed by atoms with Crippen molar-refractivity contribution in [3.8, 4) is 11.3 Å². The first-order chi connectivity index (χ1) is 14.0. The number of hydrogen-bond acceptors (Lipinski definition) is 5. The summed E-state index contributed by atoms with van der Waals surface area (Å²) in [6.45, 7) is 6.17. The molecule has 1 aliphatic rings. The molecule has 0 bridgehead atoms. The SMILES string of the molecule is CC(C)CC(=O)N1CCCC1.CN(C)c1ccc2ncc(-c3ccncc3)n2n1. The zero-order valence-electron chi connectivity index (χ0n) is 17.7. The number of aromatic nitrogens is 4. The second-order valence-electron chi connectivity index (χ2n) is 7.92. The third-order valence-corrected chi connectivity index (χ3v) is 4.82. The number of carbonyl (C=O) groups excluding carboxylic acids is 1. The molecule has 7 nitrogen and oxygen atoms in total. The number of pyridine rings is 1. The lowest BCUT2D eigenvalue weighted by molar-refractivity contribution is -0.130. The molecule has 7 heteroatoms. The van der Waals surface area contributed by atoms with Crippen LogP contribution in [0.1, 0.15) is 33.1 Å². The molecule has 0 spiro atoms. The molecule has 154 valence electrons. The van der Waals surface area contributed by atoms with E-state index < -0.39 is 0 Å². The van der Waals surface area contributed by atoms with Crippen molar-refractivity contribution in [2.45, 2.75) is 33.1 Å². The number of nitrogens with zero attached hydrogens (tertiary/aromatic N) is 6. The summed E-state index contributed by atoms with van der Waals surface area (Å²) in [4.78, 5) is 23.7. The van der Waals surface area contributed by atoms with Crippen LogP contribution >= 0.6 is 0 Å². The Morgan fingerprint density at radius 3 is 2.41 bits per heavy atom. The Bertz CT molecular complexity index is 929. The van der Waals surface area contributed by atoms with Crippen LogP contribution in [0.2, 0.25) is 0 Å². The molecule has 0 aromatic carbocycles. The summed E-state index contributed by atoms with van der Waals surface area (Å²) in [7, 11) is 3.94. The van der Waals surface area contributed by atoms with Crippen molar-refractivity contribution in [3.63, 3.8) is 0 Å². The molecule has 4 heterocycles. The van der Waals surface area contributed by atoms with Gasteiger partial charge in [0.05, 0.1) is 11.9 Å². The van der Waals surface area contributed by atoms with E-state index in [1.165, 1.54) is 12.8 Å². The van der Waals surface area contributed by atoms with E-state index in [9.17, 15) is 4.79 Å². The molecule has 3 aromatic heterocycles. The number of likely N-dealkylation sites (tertiary alicyclic amines) is 1. The number of hydrogen-bond donors (Lipinski definition) is 0. The van der Waals surface area contributed by atoms with Gasteiger partial charge in [-0.05, 0) is 43.0 Å². The topological polar surface area (TPSA) is 66.6 Å². The maximum absolute atomic E-state index is 11.4. The van der Waals surface area contributed by atoms with E-state index >= 15 is 0 Å². The van der Waals surface area contributed by atoms with Crippen molar-refractivity contribution in [1.29, 1.82) is 0 Å². The fourth-order valence-electron chi connectivity index (χ4n) is 3.27. The Morgan fingerprint density at radius 1 is 1.10 bits per heavy atom. The summed E-state index contributed by atoms with van der Waals surface area (Å²) >= 11 is 0. The predicted molar refractivity (Wildman–Crippen MR) is 116 cm³/mol. The predicted octanol–water partition coefficient (Wildman–Crippen LogP) is 3.51. The molecule has 0 unspecified atom stereocenters. The summed E-state index contributed by atoms with van der Waals surface area (Å²) in [5.41, 5.74) is 2.87. The third-order valence-electron chi connectivity index (χ3n) is 4.82. The molecular weight excluding hydrogens is 364 g/mol. The molecular formula is C22H30N6O. The lowest BCUT2D eigenvalue weighted by Gasteiger charge is -2.16. The Morgan fingerprint density at radius 2 is 1.79 bits per heavy atom. The second kappa shape index (κ2) is 9.49. The van der Waals surface area contributed by atoms with Gasteiger partial charge < -0.3 is 9.80 Å². The van der Waals surface area contributed by atoms with Crippen LogP contribution in [-0.4, -0.2) is 57.6 Å². The third kappa shape index (κ3) is 5.31. The first-order valence-electron chi connectivity index (χ1n) is 10.2. The molecule has 1 amide bonds. The van der Waals surface area contributed by atoms with E-state index in [2.05, 4.69) is 28.9 Å². The van der Waals surface area contributed by atoms with Gasteiger partial charge in [0.2, 0.25) is 5.91 Å². The fraction of sp³-hybridized carbons (Fsp3) is 0.455. The summed E-state index contributed by atoms with van der Waals surface area (Å²) in [6, 6.07) is 7.83. The number of imidazole rings is 1. The molecule has 29 heavy (non-hydrogen) atoms. The van der Waals surface area contributed by atoms with Gasteiger partial charge in [-0.15, -0.1) is 5.10 Å². The number of rotatable bonds is 4. The van der Waals surface area contributed by atoms with Gasteiger partial charge in [0, 0.05) is 51.6 Å². The lowest BCUT2D eigenvalue weighted by Crippen LogP contribution is -2.28. The van der Waals surface area contributed by atoms with Crippen LogP contribution in [-0.2, 0) is 4.79 Å². The molecule has 0 saturated carbocycles. The highest BCUT2D eigenvalue weighted by Crippen LogP contribution is 2.20. The smallest absolute Gasteiger partial charge is 0.222 e. The highest BCUT2D eigenvalue weighted by molar-refractivity contribution is 5.76. The van der Waals surface area contributed by atoms with Crippen molar-refractivity contribution in [3.05, 3.63) is 42.9 Å². The van der Waals surface area contributed by atoms with E-state index in [1.54, 1.807) is 12.4 Å². The van der Waals surface area contributed by atoms with Crippen molar-refractivity contribution in [2.75, 3.05) is 32.1 Å². The van der Waals surface area contributed by atoms with E-state index in [-0.39, 0.29) is 0 Å². The van der Waals surface area contributed by atoms with Crippen molar-refractivity contribution >= 4 is 17.4 Å². The molecule has 0 atom stereocenters. The molecule has 0 radical (unpaired) electrons. The summed E-state index contributed by atoms with van der Waals surface area (Å²) in [6.07, 6.45) is 8.49. The standard InChI is InChI=1S/C13H13N5.C9H17NO/c1-17(2)13-4-3-12-15-9-11(18(12)16-13)10-5-7-14-8-6-10;1-8(2)7-9(11)10-5-3-4-6-10/h3-9H,1-2H3;8H,3-7H2,1-2H3. The number of carbonyl (C=O) groups is 1. The number of amides is 1. The van der Waals surface area contributed by atoms with Crippen LogP contribution in [0.3, 0.4) is 0 Å². The van der Waals surface area contributed by atoms with Gasteiger partial charge in [-0.2, -0.15) is 0 Å². The Labute approximate surface area is 172 Å². The quantitative estimate of drug-likeness (QED) is 0.677. The maximum Gasteiger partial charge on any atom is 0.222 e. The number of fused-ring (bicyclic) bond motifs is 1. The van der Waals surface area contributed by atoms with Crippen LogP contribution in [0.25, 0.3) is 16.9 Å². The average molecular weight is 395 g/mol. The van der Waals surface area contributed by atoms with E-state index in [0.29, 0.717) is 11.8 Å². The highest BCUT2D eigenvalue weighted by Gasteiger charge is 2.17. The van der Waals surface area contributed by atoms with Gasteiger partial charge in [-0.25, -0.2) is 9.50 Å². The van der Waals surface area contributed by atoms with Gasteiger partial charge >= 0.3 is 0 Å².